The van der Waals surface area contributed by atoms with Crippen LogP contribution in [0, 0.1) is 0 Å². The van der Waals surface area contributed by atoms with Gasteiger partial charge < -0.3 is 28.7 Å². The van der Waals surface area contributed by atoms with Crippen molar-refractivity contribution in [3.05, 3.63) is 88.7 Å². The zero-order valence-corrected chi connectivity index (χ0v) is 17.8. The number of benzene rings is 2. The average molecular weight is 473 g/mol. The van der Waals surface area contributed by atoms with Crippen molar-refractivity contribution in [2.45, 2.75) is 20.4 Å². The third-order valence-electron chi connectivity index (χ3n) is 4.24. The molecule has 0 atom stereocenters. The molecule has 0 bridgehead atoms. The Bertz CT molecular complexity index is 1020. The molecule has 0 spiro atoms. The molecule has 26 heavy (non-hydrogen) atoms. The molecular formula is C22H20INOS. The highest BCUT2D eigenvalue weighted by Crippen LogP contribution is 2.29. The van der Waals surface area contributed by atoms with E-state index in [1.165, 1.54) is 15.2 Å². The van der Waals surface area contributed by atoms with Crippen molar-refractivity contribution in [2.24, 2.45) is 0 Å². The lowest BCUT2D eigenvalue weighted by molar-refractivity contribution is -0.665. The Kier molecular flexibility index (Phi) is 5.94. The summed E-state index contributed by atoms with van der Waals surface area (Å²) in [4.78, 5) is 0. The van der Waals surface area contributed by atoms with Crippen LogP contribution in [0.25, 0.3) is 22.1 Å². The van der Waals surface area contributed by atoms with E-state index in [4.69, 9.17) is 4.74 Å². The van der Waals surface area contributed by atoms with E-state index in [2.05, 4.69) is 66.1 Å². The summed E-state index contributed by atoms with van der Waals surface area (Å²) in [7, 11) is 0. The standard InChI is InChI=1S/C22H20NOS.HI/c1-3-23-19-11-7-8-12-21(19)25-22(23)15-17-13-16(2)24-20(14-17)18-9-5-4-6-10-18;/h4-15H,3H2,1-2H3;1H/q+1;/p-1/b17-15+;. The Morgan fingerprint density at radius 3 is 2.50 bits per heavy atom. The number of ether oxygens (including phenoxy) is 1. The van der Waals surface area contributed by atoms with Crippen molar-refractivity contribution >= 4 is 33.4 Å². The van der Waals surface area contributed by atoms with E-state index >= 15 is 0 Å². The minimum atomic E-state index is 0. The van der Waals surface area contributed by atoms with Crippen LogP contribution in [-0.4, -0.2) is 0 Å². The number of aromatic nitrogens is 1. The Morgan fingerprint density at radius 1 is 1.00 bits per heavy atom. The first-order valence-electron chi connectivity index (χ1n) is 8.51. The molecule has 0 fully saturated rings. The average Bonchev–Trinajstić information content (AvgIpc) is 2.99. The molecule has 0 saturated heterocycles. The summed E-state index contributed by atoms with van der Waals surface area (Å²) in [5.41, 5.74) is 3.55. The van der Waals surface area contributed by atoms with Gasteiger partial charge in [-0.15, -0.1) is 0 Å². The van der Waals surface area contributed by atoms with Gasteiger partial charge in [-0.05, 0) is 37.6 Å². The fraction of sp³-hybridized carbons (Fsp3) is 0.136. The molecule has 4 heteroatoms. The minimum absolute atomic E-state index is 0. The van der Waals surface area contributed by atoms with Gasteiger partial charge in [0.05, 0.1) is 0 Å². The highest BCUT2D eigenvalue weighted by Gasteiger charge is 2.18. The maximum atomic E-state index is 5.93. The second kappa shape index (κ2) is 8.18. The van der Waals surface area contributed by atoms with Gasteiger partial charge in [0.1, 0.15) is 22.8 Å². The van der Waals surface area contributed by atoms with Crippen LogP contribution in [0.15, 0.2) is 78.1 Å². The molecule has 0 saturated carbocycles. The van der Waals surface area contributed by atoms with Crippen LogP contribution in [0.4, 0.5) is 0 Å². The summed E-state index contributed by atoms with van der Waals surface area (Å²) < 4.78 is 9.61. The molecule has 1 aromatic heterocycles. The van der Waals surface area contributed by atoms with Gasteiger partial charge in [0.25, 0.3) is 5.01 Å². The number of allylic oxidation sites excluding steroid dienone is 4. The molecule has 2 nitrogen and oxygen atoms in total. The number of hydrogen-bond acceptors (Lipinski definition) is 2. The van der Waals surface area contributed by atoms with Crippen molar-refractivity contribution in [2.75, 3.05) is 0 Å². The van der Waals surface area contributed by atoms with Crippen LogP contribution in [0.2, 0.25) is 0 Å². The van der Waals surface area contributed by atoms with E-state index in [1.54, 1.807) is 0 Å². The third kappa shape index (κ3) is 3.76. The summed E-state index contributed by atoms with van der Waals surface area (Å²) in [5, 5.41) is 1.26. The smallest absolute Gasteiger partial charge is 0.263 e. The summed E-state index contributed by atoms with van der Waals surface area (Å²) in [6, 6.07) is 18.8. The first kappa shape index (κ1) is 18.9. The SMILES string of the molecule is CC[n+]1c(/C=C2\C=C(C)OC(c3ccccc3)=C2)sc2ccccc21.[I-]. The summed E-state index contributed by atoms with van der Waals surface area (Å²) in [5.74, 6) is 1.81. The van der Waals surface area contributed by atoms with Crippen LogP contribution in [-0.2, 0) is 11.3 Å². The van der Waals surface area contributed by atoms with Gasteiger partial charge in [-0.25, -0.2) is 0 Å². The van der Waals surface area contributed by atoms with Crippen molar-refractivity contribution in [3.63, 3.8) is 0 Å². The monoisotopic (exact) mass is 473 g/mol. The Hall–Kier alpha value is -1.92. The third-order valence-corrected chi connectivity index (χ3v) is 5.35. The summed E-state index contributed by atoms with van der Waals surface area (Å²) >= 11 is 1.83. The number of rotatable bonds is 3. The Balaban J connectivity index is 0.00000196. The molecular weight excluding hydrogens is 453 g/mol. The van der Waals surface area contributed by atoms with Crippen LogP contribution < -0.4 is 28.5 Å². The van der Waals surface area contributed by atoms with Gasteiger partial charge in [0.2, 0.25) is 5.52 Å². The maximum absolute atomic E-state index is 5.93. The normalized spacial score (nSPS) is 15.2. The fourth-order valence-corrected chi connectivity index (χ4v) is 4.30. The second-order valence-corrected chi connectivity index (χ2v) is 7.09. The second-order valence-electron chi connectivity index (χ2n) is 6.03. The number of aryl methyl sites for hydroxylation is 1. The highest BCUT2D eigenvalue weighted by atomic mass is 127. The number of halogens is 1. The lowest BCUT2D eigenvalue weighted by Gasteiger charge is -2.15. The molecule has 1 aliphatic heterocycles. The fourth-order valence-electron chi connectivity index (χ4n) is 3.12. The quantitative estimate of drug-likeness (QED) is 0.421. The van der Waals surface area contributed by atoms with Gasteiger partial charge in [-0.2, -0.15) is 4.57 Å². The summed E-state index contributed by atoms with van der Waals surface area (Å²) in [6.45, 7) is 5.15. The van der Waals surface area contributed by atoms with E-state index in [0.717, 1.165) is 29.2 Å². The number of fused-ring (bicyclic) bond motifs is 1. The maximum Gasteiger partial charge on any atom is 0.263 e. The number of para-hydroxylation sites is 1. The minimum Gasteiger partial charge on any atom is -1.00 e. The van der Waals surface area contributed by atoms with Crippen LogP contribution >= 0.6 is 11.3 Å². The van der Waals surface area contributed by atoms with Gasteiger partial charge in [-0.3, -0.25) is 0 Å². The first-order chi connectivity index (χ1) is 12.2. The molecule has 1 aliphatic rings. The largest absolute Gasteiger partial charge is 1.00 e. The van der Waals surface area contributed by atoms with Gasteiger partial charge in [0, 0.05) is 17.7 Å². The van der Waals surface area contributed by atoms with Crippen molar-refractivity contribution in [3.8, 4) is 0 Å². The van der Waals surface area contributed by atoms with Crippen LogP contribution in [0.1, 0.15) is 24.4 Å². The number of thiazole rings is 1. The van der Waals surface area contributed by atoms with E-state index < -0.39 is 0 Å². The first-order valence-corrected chi connectivity index (χ1v) is 9.32. The molecule has 132 valence electrons. The Morgan fingerprint density at radius 2 is 1.73 bits per heavy atom. The molecule has 2 aromatic carbocycles. The van der Waals surface area contributed by atoms with E-state index in [9.17, 15) is 0 Å². The Labute approximate surface area is 175 Å². The molecule has 0 aliphatic carbocycles. The van der Waals surface area contributed by atoms with Crippen LogP contribution in [0.5, 0.6) is 0 Å². The highest BCUT2D eigenvalue weighted by molar-refractivity contribution is 7.18. The topological polar surface area (TPSA) is 13.1 Å². The molecule has 0 radical (unpaired) electrons. The predicted molar refractivity (Wildman–Crippen MR) is 105 cm³/mol. The molecule has 0 amide bonds. The van der Waals surface area contributed by atoms with Crippen molar-refractivity contribution in [1.29, 1.82) is 0 Å². The van der Waals surface area contributed by atoms with Gasteiger partial charge in [-0.1, -0.05) is 53.8 Å². The zero-order chi connectivity index (χ0) is 17.2. The number of hydrogen-bond donors (Lipinski definition) is 0. The lowest BCUT2D eigenvalue weighted by Crippen LogP contribution is -3.00. The molecule has 0 N–H and O–H groups in total. The van der Waals surface area contributed by atoms with E-state index in [1.807, 2.05) is 36.5 Å². The van der Waals surface area contributed by atoms with E-state index in [-0.39, 0.29) is 24.0 Å². The summed E-state index contributed by atoms with van der Waals surface area (Å²) in [6.07, 6.45) is 6.46. The molecule has 3 aromatic rings. The van der Waals surface area contributed by atoms with Crippen molar-refractivity contribution < 1.29 is 33.3 Å². The predicted octanol–water partition coefficient (Wildman–Crippen LogP) is 2.57. The van der Waals surface area contributed by atoms with E-state index in [0.29, 0.717) is 0 Å². The van der Waals surface area contributed by atoms with Crippen LogP contribution in [0.3, 0.4) is 0 Å². The number of nitrogens with zero attached hydrogens (tertiary/aromatic N) is 1. The zero-order valence-electron chi connectivity index (χ0n) is 14.8. The molecule has 2 heterocycles. The van der Waals surface area contributed by atoms with Gasteiger partial charge >= 0.3 is 0 Å². The van der Waals surface area contributed by atoms with Crippen molar-refractivity contribution in [1.82, 2.24) is 0 Å². The van der Waals surface area contributed by atoms with Gasteiger partial charge in [0.15, 0.2) is 0 Å². The molecule has 4 rings (SSSR count). The lowest BCUT2D eigenvalue weighted by atomic mass is 10.1. The molecule has 0 unspecified atom stereocenters.